The van der Waals surface area contributed by atoms with Crippen molar-refractivity contribution >= 4 is 5.91 Å². The van der Waals surface area contributed by atoms with E-state index in [1.54, 1.807) is 25.1 Å². The van der Waals surface area contributed by atoms with Crippen LogP contribution in [0, 0.1) is 19.7 Å². The van der Waals surface area contributed by atoms with Gasteiger partial charge in [0.2, 0.25) is 0 Å². The molecule has 0 unspecified atom stereocenters. The summed E-state index contributed by atoms with van der Waals surface area (Å²) in [7, 11) is 0. The van der Waals surface area contributed by atoms with E-state index in [0.717, 1.165) is 5.76 Å². The predicted octanol–water partition coefficient (Wildman–Crippen LogP) is 2.97. The number of halogens is 1. The van der Waals surface area contributed by atoms with E-state index in [-0.39, 0.29) is 12.1 Å². The van der Waals surface area contributed by atoms with Crippen LogP contribution in [0.5, 0.6) is 0 Å². The largest absolute Gasteiger partial charge is 0.465 e. The fourth-order valence-electron chi connectivity index (χ4n) is 1.67. The molecule has 4 heteroatoms. The number of furan rings is 1. The second-order valence-corrected chi connectivity index (χ2v) is 4.13. The average molecular weight is 247 g/mol. The zero-order valence-electron chi connectivity index (χ0n) is 10.3. The van der Waals surface area contributed by atoms with E-state index in [1.807, 2.05) is 13.0 Å². The van der Waals surface area contributed by atoms with Gasteiger partial charge in [0, 0.05) is 0 Å². The molecule has 1 aromatic heterocycles. The van der Waals surface area contributed by atoms with E-state index in [1.165, 1.54) is 6.07 Å². The molecule has 94 valence electrons. The Bertz CT molecular complexity index is 575. The van der Waals surface area contributed by atoms with Gasteiger partial charge in [0.1, 0.15) is 17.3 Å². The fraction of sp³-hybridized carbons (Fsp3) is 0.214. The maximum atomic E-state index is 13.7. The number of hydrogen-bond acceptors (Lipinski definition) is 2. The Morgan fingerprint density at radius 1 is 1.28 bits per heavy atom. The molecule has 1 aromatic carbocycles. The molecule has 0 aliphatic carbocycles. The summed E-state index contributed by atoms with van der Waals surface area (Å²) in [6.45, 7) is 3.70. The van der Waals surface area contributed by atoms with Crippen molar-refractivity contribution in [2.75, 3.05) is 0 Å². The van der Waals surface area contributed by atoms with Gasteiger partial charge in [-0.05, 0) is 37.6 Å². The van der Waals surface area contributed by atoms with Gasteiger partial charge in [-0.1, -0.05) is 12.1 Å². The highest BCUT2D eigenvalue weighted by Gasteiger charge is 2.13. The molecule has 1 heterocycles. The lowest BCUT2D eigenvalue weighted by molar-refractivity contribution is 0.0943. The third-order valence-corrected chi connectivity index (χ3v) is 2.66. The second-order valence-electron chi connectivity index (χ2n) is 4.13. The lowest BCUT2D eigenvalue weighted by Crippen LogP contribution is -2.23. The topological polar surface area (TPSA) is 42.2 Å². The van der Waals surface area contributed by atoms with Crippen LogP contribution < -0.4 is 5.32 Å². The number of nitrogens with one attached hydrogen (secondary N) is 1. The van der Waals surface area contributed by atoms with E-state index >= 15 is 0 Å². The van der Waals surface area contributed by atoms with Crippen molar-refractivity contribution < 1.29 is 13.6 Å². The maximum Gasteiger partial charge on any atom is 0.254 e. The molecule has 0 radical (unpaired) electrons. The SMILES string of the molecule is Cc1ccc(CNC(=O)c2cccc(C)c2F)o1. The van der Waals surface area contributed by atoms with Crippen LogP contribution in [-0.2, 0) is 6.54 Å². The molecule has 18 heavy (non-hydrogen) atoms. The summed E-state index contributed by atoms with van der Waals surface area (Å²) in [6, 6.07) is 8.34. The van der Waals surface area contributed by atoms with Crippen LogP contribution in [-0.4, -0.2) is 5.91 Å². The summed E-state index contributed by atoms with van der Waals surface area (Å²) < 4.78 is 19.0. The molecule has 0 bridgehead atoms. The van der Waals surface area contributed by atoms with Crippen LogP contribution in [0.25, 0.3) is 0 Å². The molecule has 0 aliphatic rings. The third kappa shape index (κ3) is 2.59. The van der Waals surface area contributed by atoms with Crippen molar-refractivity contribution in [3.05, 3.63) is 58.8 Å². The Morgan fingerprint density at radius 2 is 2.06 bits per heavy atom. The van der Waals surface area contributed by atoms with Gasteiger partial charge in [0.05, 0.1) is 12.1 Å². The molecule has 0 spiro atoms. The van der Waals surface area contributed by atoms with Gasteiger partial charge in [0.15, 0.2) is 0 Å². The second kappa shape index (κ2) is 5.04. The standard InChI is InChI=1S/C14H14FNO2/c1-9-4-3-5-12(13(9)15)14(17)16-8-11-7-6-10(2)18-11/h3-7H,8H2,1-2H3,(H,16,17). The average Bonchev–Trinajstić information content (AvgIpc) is 2.76. The van der Waals surface area contributed by atoms with Gasteiger partial charge in [-0.15, -0.1) is 0 Å². The van der Waals surface area contributed by atoms with E-state index in [0.29, 0.717) is 11.3 Å². The zero-order chi connectivity index (χ0) is 13.1. The molecule has 1 amide bonds. The van der Waals surface area contributed by atoms with E-state index < -0.39 is 11.7 Å². The van der Waals surface area contributed by atoms with Gasteiger partial charge >= 0.3 is 0 Å². The minimum absolute atomic E-state index is 0.0540. The first-order valence-corrected chi connectivity index (χ1v) is 5.66. The maximum absolute atomic E-state index is 13.7. The molecule has 1 N–H and O–H groups in total. The molecule has 0 saturated carbocycles. The van der Waals surface area contributed by atoms with Crippen molar-refractivity contribution in [1.82, 2.24) is 5.32 Å². The van der Waals surface area contributed by atoms with Crippen LogP contribution >= 0.6 is 0 Å². The quantitative estimate of drug-likeness (QED) is 0.906. The van der Waals surface area contributed by atoms with Gasteiger partial charge in [-0.25, -0.2) is 4.39 Å². The summed E-state index contributed by atoms with van der Waals surface area (Å²) in [6.07, 6.45) is 0. The number of hydrogen-bond donors (Lipinski definition) is 1. The van der Waals surface area contributed by atoms with Gasteiger partial charge < -0.3 is 9.73 Å². The van der Waals surface area contributed by atoms with Crippen LogP contribution in [0.2, 0.25) is 0 Å². The molecule has 0 fully saturated rings. The van der Waals surface area contributed by atoms with E-state index in [4.69, 9.17) is 4.42 Å². The summed E-state index contributed by atoms with van der Waals surface area (Å²) in [5.41, 5.74) is 0.509. The monoisotopic (exact) mass is 247 g/mol. The lowest BCUT2D eigenvalue weighted by atomic mass is 10.1. The Labute approximate surface area is 105 Å². The Hall–Kier alpha value is -2.10. The van der Waals surface area contributed by atoms with Gasteiger partial charge in [0.25, 0.3) is 5.91 Å². The first kappa shape index (κ1) is 12.4. The summed E-state index contributed by atoms with van der Waals surface area (Å²) >= 11 is 0. The van der Waals surface area contributed by atoms with Crippen molar-refractivity contribution in [1.29, 1.82) is 0 Å². The molecule has 0 aliphatic heterocycles. The third-order valence-electron chi connectivity index (χ3n) is 2.66. The predicted molar refractivity (Wildman–Crippen MR) is 65.8 cm³/mol. The van der Waals surface area contributed by atoms with E-state index in [2.05, 4.69) is 5.32 Å². The molecule has 0 saturated heterocycles. The zero-order valence-corrected chi connectivity index (χ0v) is 10.3. The molecular weight excluding hydrogens is 233 g/mol. The van der Waals surface area contributed by atoms with Crippen molar-refractivity contribution in [3.63, 3.8) is 0 Å². The molecule has 2 rings (SSSR count). The fourth-order valence-corrected chi connectivity index (χ4v) is 1.67. The minimum atomic E-state index is -0.481. The lowest BCUT2D eigenvalue weighted by Gasteiger charge is -2.06. The van der Waals surface area contributed by atoms with Crippen molar-refractivity contribution in [3.8, 4) is 0 Å². The summed E-state index contributed by atoms with van der Waals surface area (Å²) in [5.74, 6) is 0.505. The van der Waals surface area contributed by atoms with Crippen LogP contribution in [0.4, 0.5) is 4.39 Å². The Kier molecular flexibility index (Phi) is 3.46. The molecule has 0 atom stereocenters. The van der Waals surface area contributed by atoms with E-state index in [9.17, 15) is 9.18 Å². The highest BCUT2D eigenvalue weighted by molar-refractivity contribution is 5.94. The summed E-state index contributed by atoms with van der Waals surface area (Å²) in [4.78, 5) is 11.8. The van der Waals surface area contributed by atoms with Gasteiger partial charge in [-0.3, -0.25) is 4.79 Å². The van der Waals surface area contributed by atoms with Crippen molar-refractivity contribution in [2.45, 2.75) is 20.4 Å². The minimum Gasteiger partial charge on any atom is -0.465 e. The number of benzene rings is 1. The van der Waals surface area contributed by atoms with Crippen molar-refractivity contribution in [2.24, 2.45) is 0 Å². The first-order chi connectivity index (χ1) is 8.58. The number of rotatable bonds is 3. The molecule has 3 nitrogen and oxygen atoms in total. The molecular formula is C14H14FNO2. The van der Waals surface area contributed by atoms with Crippen LogP contribution in [0.3, 0.4) is 0 Å². The van der Waals surface area contributed by atoms with Crippen LogP contribution in [0.1, 0.15) is 27.4 Å². The first-order valence-electron chi connectivity index (χ1n) is 5.66. The Balaban J connectivity index is 2.06. The molecule has 2 aromatic rings. The number of carbonyl (C=O) groups is 1. The highest BCUT2D eigenvalue weighted by Crippen LogP contribution is 2.12. The number of amides is 1. The summed E-state index contributed by atoms with van der Waals surface area (Å²) in [5, 5.41) is 2.62. The smallest absolute Gasteiger partial charge is 0.254 e. The highest BCUT2D eigenvalue weighted by atomic mass is 19.1. The number of carbonyl (C=O) groups excluding carboxylic acids is 1. The van der Waals surface area contributed by atoms with Crippen LogP contribution in [0.15, 0.2) is 34.7 Å². The Morgan fingerprint density at radius 3 is 2.72 bits per heavy atom. The van der Waals surface area contributed by atoms with Gasteiger partial charge in [-0.2, -0.15) is 0 Å². The number of aryl methyl sites for hydroxylation is 2. The normalized spacial score (nSPS) is 10.4.